The number of nitrogens with zero attached hydrogens (tertiary/aromatic N) is 1. The molecule has 0 saturated heterocycles. The fraction of sp³-hybridized carbons (Fsp3) is 0.323. The monoisotopic (exact) mass is 469 g/mol. The second-order valence-electron chi connectivity index (χ2n) is 9.45. The van der Waals surface area contributed by atoms with Gasteiger partial charge in [-0.2, -0.15) is 0 Å². The van der Waals surface area contributed by atoms with E-state index in [2.05, 4.69) is 62.3 Å². The van der Waals surface area contributed by atoms with Crippen molar-refractivity contribution in [2.45, 2.75) is 26.7 Å². The van der Waals surface area contributed by atoms with Crippen molar-refractivity contribution in [2.75, 3.05) is 34.4 Å². The number of rotatable bonds is 7. The number of hydrogen-bond donors (Lipinski definition) is 0. The summed E-state index contributed by atoms with van der Waals surface area (Å²) < 4.78 is 10.9. The van der Waals surface area contributed by atoms with Crippen molar-refractivity contribution in [2.24, 2.45) is 5.92 Å². The number of carbonyl (C=O) groups excluding carboxylic acids is 1. The minimum atomic E-state index is -0.275. The summed E-state index contributed by atoms with van der Waals surface area (Å²) >= 11 is 0. The van der Waals surface area contributed by atoms with Crippen molar-refractivity contribution in [3.8, 4) is 5.75 Å². The fourth-order valence-corrected chi connectivity index (χ4v) is 5.18. The molecule has 35 heavy (non-hydrogen) atoms. The number of methoxy groups -OCH3 is 1. The number of esters is 1. The number of hydrogen-bond acceptors (Lipinski definition) is 4. The van der Waals surface area contributed by atoms with Crippen molar-refractivity contribution >= 4 is 28.4 Å². The van der Waals surface area contributed by atoms with Gasteiger partial charge in [-0.1, -0.05) is 42.5 Å². The van der Waals surface area contributed by atoms with E-state index < -0.39 is 0 Å². The Hall–Kier alpha value is -3.37. The van der Waals surface area contributed by atoms with Crippen LogP contribution in [0.3, 0.4) is 0 Å². The van der Waals surface area contributed by atoms with Crippen molar-refractivity contribution in [3.05, 3.63) is 88.5 Å². The quantitative estimate of drug-likeness (QED) is 0.355. The molecular weight excluding hydrogens is 434 g/mol. The van der Waals surface area contributed by atoms with Gasteiger partial charge in [0.05, 0.1) is 19.3 Å². The van der Waals surface area contributed by atoms with Crippen LogP contribution in [-0.2, 0) is 4.74 Å². The molecular formula is C31H35NO3. The first-order valence-electron chi connectivity index (χ1n) is 12.3. The molecule has 0 N–H and O–H groups in total. The van der Waals surface area contributed by atoms with Crippen molar-refractivity contribution in [1.82, 2.24) is 4.90 Å². The molecule has 0 amide bonds. The smallest absolute Gasteiger partial charge is 0.338 e. The van der Waals surface area contributed by atoms with E-state index in [-0.39, 0.29) is 5.97 Å². The van der Waals surface area contributed by atoms with Gasteiger partial charge in [-0.15, -0.1) is 0 Å². The molecule has 4 nitrogen and oxygen atoms in total. The van der Waals surface area contributed by atoms with E-state index in [9.17, 15) is 4.79 Å². The molecule has 0 bridgehead atoms. The summed E-state index contributed by atoms with van der Waals surface area (Å²) in [5.41, 5.74) is 6.85. The van der Waals surface area contributed by atoms with Gasteiger partial charge >= 0.3 is 5.97 Å². The second-order valence-corrected chi connectivity index (χ2v) is 9.45. The summed E-state index contributed by atoms with van der Waals surface area (Å²) in [7, 11) is 5.98. The third-order valence-electron chi connectivity index (χ3n) is 6.74. The molecule has 1 aliphatic rings. The molecule has 0 saturated carbocycles. The maximum absolute atomic E-state index is 12.7. The van der Waals surface area contributed by atoms with Crippen LogP contribution in [0.1, 0.15) is 48.2 Å². The molecule has 4 heteroatoms. The van der Waals surface area contributed by atoms with E-state index in [0.717, 1.165) is 41.5 Å². The Morgan fingerprint density at radius 1 is 1.09 bits per heavy atom. The maximum Gasteiger partial charge on any atom is 0.338 e. The van der Waals surface area contributed by atoms with Gasteiger partial charge in [-0.05, 0) is 110 Å². The van der Waals surface area contributed by atoms with Crippen LogP contribution in [0.15, 0.2) is 71.8 Å². The normalized spacial score (nSPS) is 17.3. The molecule has 182 valence electrons. The highest BCUT2D eigenvalue weighted by molar-refractivity contribution is 6.05. The van der Waals surface area contributed by atoms with E-state index in [4.69, 9.17) is 9.47 Å². The number of fused-ring (bicyclic) bond motifs is 1. The van der Waals surface area contributed by atoms with Gasteiger partial charge < -0.3 is 14.4 Å². The molecule has 4 rings (SSSR count). The van der Waals surface area contributed by atoms with E-state index in [0.29, 0.717) is 18.1 Å². The topological polar surface area (TPSA) is 38.8 Å². The molecule has 1 aliphatic carbocycles. The highest BCUT2D eigenvalue weighted by Crippen LogP contribution is 2.41. The van der Waals surface area contributed by atoms with Crippen LogP contribution in [0.4, 0.5) is 0 Å². The molecule has 0 spiro atoms. The third-order valence-corrected chi connectivity index (χ3v) is 6.74. The van der Waals surface area contributed by atoms with Crippen molar-refractivity contribution in [1.29, 1.82) is 0 Å². The predicted octanol–water partition coefficient (Wildman–Crippen LogP) is 6.85. The second kappa shape index (κ2) is 10.9. The molecule has 0 aliphatic heterocycles. The van der Waals surface area contributed by atoms with Gasteiger partial charge in [-0.25, -0.2) is 4.79 Å². The summed E-state index contributed by atoms with van der Waals surface area (Å²) in [6, 6.07) is 20.5. The van der Waals surface area contributed by atoms with Crippen LogP contribution < -0.4 is 4.74 Å². The van der Waals surface area contributed by atoms with E-state index >= 15 is 0 Å². The first kappa shape index (κ1) is 24.7. The standard InChI is InChI=1S/C31H35NO3/c1-6-35-31(33)29-18-22(17-24-10-7-8-13-28(24)29)16-23-14-15-26(20-32(3)4)30(21(23)2)25-11-9-12-27(19-25)34-5/h7-13,16-19,26H,6,14-15,20H2,1-5H3/b23-16-. The molecule has 0 fully saturated rings. The average molecular weight is 470 g/mol. The van der Waals surface area contributed by atoms with Gasteiger partial charge in [0, 0.05) is 6.54 Å². The Labute approximate surface area is 208 Å². The van der Waals surface area contributed by atoms with Crippen molar-refractivity contribution < 1.29 is 14.3 Å². The largest absolute Gasteiger partial charge is 0.497 e. The fourth-order valence-electron chi connectivity index (χ4n) is 5.18. The van der Waals surface area contributed by atoms with Crippen LogP contribution >= 0.6 is 0 Å². The molecule has 3 aromatic rings. The lowest BCUT2D eigenvalue weighted by Crippen LogP contribution is -2.25. The Bertz CT molecular complexity index is 1290. The van der Waals surface area contributed by atoms with Gasteiger partial charge in [0.25, 0.3) is 0 Å². The summed E-state index contributed by atoms with van der Waals surface area (Å²) in [6.07, 6.45) is 4.32. The minimum absolute atomic E-state index is 0.275. The number of allylic oxidation sites excluding steroid dienone is 2. The SMILES string of the molecule is CCOC(=O)c1cc(/C=C2/CCC(CN(C)C)C(c3cccc(OC)c3)=C2C)cc2ccccc12. The van der Waals surface area contributed by atoms with Crippen LogP contribution in [0.5, 0.6) is 5.75 Å². The number of benzene rings is 3. The van der Waals surface area contributed by atoms with Crippen LogP contribution in [0.25, 0.3) is 22.4 Å². The molecule has 1 unspecified atom stereocenters. The molecule has 0 heterocycles. The van der Waals surface area contributed by atoms with Crippen LogP contribution in [0, 0.1) is 5.92 Å². The minimum Gasteiger partial charge on any atom is -0.497 e. The lowest BCUT2D eigenvalue weighted by atomic mass is 9.76. The summed E-state index contributed by atoms with van der Waals surface area (Å²) in [5, 5.41) is 1.97. The highest BCUT2D eigenvalue weighted by Gasteiger charge is 2.26. The van der Waals surface area contributed by atoms with Crippen LogP contribution in [0.2, 0.25) is 0 Å². The molecule has 1 atom stereocenters. The Balaban J connectivity index is 1.84. The maximum atomic E-state index is 12.7. The zero-order valence-electron chi connectivity index (χ0n) is 21.4. The zero-order chi connectivity index (χ0) is 24.9. The zero-order valence-corrected chi connectivity index (χ0v) is 21.4. The number of ether oxygens (including phenoxy) is 2. The van der Waals surface area contributed by atoms with Gasteiger partial charge in [0.15, 0.2) is 0 Å². The van der Waals surface area contributed by atoms with Gasteiger partial charge in [-0.3, -0.25) is 0 Å². The third kappa shape index (κ3) is 5.49. The number of carbonyl (C=O) groups is 1. The highest BCUT2D eigenvalue weighted by atomic mass is 16.5. The molecule has 0 aromatic heterocycles. The van der Waals surface area contributed by atoms with E-state index in [1.54, 1.807) is 7.11 Å². The first-order valence-corrected chi connectivity index (χ1v) is 12.3. The van der Waals surface area contributed by atoms with Crippen molar-refractivity contribution in [3.63, 3.8) is 0 Å². The van der Waals surface area contributed by atoms with Gasteiger partial charge in [0.2, 0.25) is 0 Å². The Morgan fingerprint density at radius 3 is 2.63 bits per heavy atom. The summed E-state index contributed by atoms with van der Waals surface area (Å²) in [5.74, 6) is 1.04. The summed E-state index contributed by atoms with van der Waals surface area (Å²) in [6.45, 7) is 5.43. The van der Waals surface area contributed by atoms with E-state index in [1.807, 2.05) is 37.3 Å². The molecule has 3 aromatic carbocycles. The van der Waals surface area contributed by atoms with E-state index in [1.165, 1.54) is 22.3 Å². The lowest BCUT2D eigenvalue weighted by Gasteiger charge is -2.32. The van der Waals surface area contributed by atoms with Gasteiger partial charge in [0.1, 0.15) is 5.75 Å². The Morgan fingerprint density at radius 2 is 1.89 bits per heavy atom. The average Bonchev–Trinajstić information content (AvgIpc) is 2.85. The lowest BCUT2D eigenvalue weighted by molar-refractivity contribution is 0.0528. The predicted molar refractivity (Wildman–Crippen MR) is 145 cm³/mol. The molecule has 0 radical (unpaired) electrons. The van der Waals surface area contributed by atoms with Crippen LogP contribution in [-0.4, -0.2) is 45.2 Å². The first-order chi connectivity index (χ1) is 16.9. The summed E-state index contributed by atoms with van der Waals surface area (Å²) in [4.78, 5) is 15.0. The Kier molecular flexibility index (Phi) is 7.72.